The Balaban J connectivity index is 1.07. The first kappa shape index (κ1) is 29.6. The third kappa shape index (κ3) is 5.26. The van der Waals surface area contributed by atoms with E-state index in [2.05, 4.69) is 15.2 Å². The number of nitro benzene ring substituents is 1. The van der Waals surface area contributed by atoms with Crippen LogP contribution in [0.5, 0.6) is 0 Å². The molecular weight excluding hydrogens is 604 g/mol. The molecule has 2 aliphatic heterocycles. The van der Waals surface area contributed by atoms with Gasteiger partial charge in [-0.25, -0.2) is 13.4 Å². The average molecular weight is 632 g/mol. The molecule has 1 saturated heterocycles. The third-order valence-electron chi connectivity index (χ3n) is 8.72. The van der Waals surface area contributed by atoms with E-state index in [9.17, 15) is 33.3 Å². The van der Waals surface area contributed by atoms with Crippen molar-refractivity contribution in [1.82, 2.24) is 25.0 Å². The molecule has 1 aromatic heterocycles. The number of halogens is 2. The zero-order valence-corrected chi connectivity index (χ0v) is 24.4. The number of nitrogens with zero attached hydrogens (tertiary/aromatic N) is 7. The van der Waals surface area contributed by atoms with Gasteiger partial charge in [0, 0.05) is 45.3 Å². The van der Waals surface area contributed by atoms with Gasteiger partial charge in [-0.1, -0.05) is 6.07 Å². The molecule has 0 atom stereocenters. The lowest BCUT2D eigenvalue weighted by molar-refractivity contribution is -0.383. The monoisotopic (exact) mass is 631 g/mol. The van der Waals surface area contributed by atoms with Crippen molar-refractivity contribution in [2.24, 2.45) is 0 Å². The van der Waals surface area contributed by atoms with E-state index in [0.29, 0.717) is 44.0 Å². The van der Waals surface area contributed by atoms with Gasteiger partial charge >= 0.3 is 5.69 Å². The Morgan fingerprint density at radius 2 is 1.65 bits per heavy atom. The van der Waals surface area contributed by atoms with Gasteiger partial charge in [-0.15, -0.1) is 0 Å². The van der Waals surface area contributed by atoms with Crippen LogP contribution in [-0.2, 0) is 4.79 Å². The highest BCUT2D eigenvalue weighted by Gasteiger charge is 2.38. The summed E-state index contributed by atoms with van der Waals surface area (Å²) < 4.78 is 33.4. The van der Waals surface area contributed by atoms with Crippen molar-refractivity contribution in [2.75, 3.05) is 50.7 Å². The lowest BCUT2D eigenvalue weighted by Crippen LogP contribution is -2.51. The van der Waals surface area contributed by atoms with E-state index in [1.54, 1.807) is 0 Å². The Labute approximate surface area is 260 Å². The minimum atomic E-state index is -0.718. The van der Waals surface area contributed by atoms with Gasteiger partial charge in [-0.3, -0.25) is 44.1 Å². The predicted molar refractivity (Wildman–Crippen MR) is 159 cm³/mol. The summed E-state index contributed by atoms with van der Waals surface area (Å²) in [6.45, 7) is 2.56. The molecule has 1 saturated carbocycles. The molecular formula is C31H27F2N7O6. The maximum absolute atomic E-state index is 14.4. The number of nitro groups is 1. The fourth-order valence-electron chi connectivity index (χ4n) is 6.19. The van der Waals surface area contributed by atoms with Crippen molar-refractivity contribution < 1.29 is 32.7 Å². The van der Waals surface area contributed by atoms with Crippen LogP contribution in [0, 0.1) is 21.7 Å². The molecule has 13 nitrogen and oxygen atoms in total. The van der Waals surface area contributed by atoms with Crippen LogP contribution in [0.1, 0.15) is 45.0 Å². The summed E-state index contributed by atoms with van der Waals surface area (Å²) in [6, 6.07) is 10.9. The first-order valence-electron chi connectivity index (χ1n) is 14.8. The van der Waals surface area contributed by atoms with E-state index in [1.807, 2.05) is 4.90 Å². The number of aromatic nitrogens is 2. The average Bonchev–Trinajstić information content (AvgIpc) is 3.71. The summed E-state index contributed by atoms with van der Waals surface area (Å²) in [5.74, 6) is -2.59. The van der Waals surface area contributed by atoms with Crippen molar-refractivity contribution in [3.63, 3.8) is 0 Å². The molecule has 2 fully saturated rings. The smallest absolute Gasteiger partial charge is 0.299 e. The van der Waals surface area contributed by atoms with Crippen LogP contribution in [0.15, 0.2) is 53.2 Å². The van der Waals surface area contributed by atoms with Gasteiger partial charge in [0.1, 0.15) is 11.6 Å². The van der Waals surface area contributed by atoms with E-state index in [1.165, 1.54) is 47.4 Å². The van der Waals surface area contributed by atoms with Gasteiger partial charge in [0.25, 0.3) is 11.8 Å². The van der Waals surface area contributed by atoms with E-state index < -0.39 is 28.4 Å². The number of anilines is 2. The maximum atomic E-state index is 14.4. The van der Waals surface area contributed by atoms with E-state index in [4.69, 9.17) is 4.63 Å². The number of benzene rings is 3. The van der Waals surface area contributed by atoms with Crippen molar-refractivity contribution in [1.29, 1.82) is 0 Å². The zero-order valence-electron chi connectivity index (χ0n) is 24.4. The predicted octanol–water partition coefficient (Wildman–Crippen LogP) is 3.87. The zero-order chi connectivity index (χ0) is 32.1. The van der Waals surface area contributed by atoms with Gasteiger partial charge < -0.3 is 0 Å². The molecule has 46 heavy (non-hydrogen) atoms. The Morgan fingerprint density at radius 3 is 2.37 bits per heavy atom. The van der Waals surface area contributed by atoms with Crippen LogP contribution in [0.2, 0.25) is 0 Å². The number of fused-ring (bicyclic) bond motifs is 2. The van der Waals surface area contributed by atoms with Gasteiger partial charge in [-0.05, 0) is 71.0 Å². The molecule has 0 spiro atoms. The number of imide groups is 1. The summed E-state index contributed by atoms with van der Waals surface area (Å²) in [5.41, 5.74) is 0.829. The standard InChI is InChI=1S/C31H27F2N7O6/c32-19-6-7-23(21(16-19)18-4-5-18)39(24-8-9-25(40(44)45)29-28(24)34-46-35-29)26(41)17-37-12-10-36(11-13-37)14-15-38-30(42)20-2-1-3-22(33)27(20)31(38)43/h1-3,6-9,16,18H,4-5,10-15,17H2. The first-order chi connectivity index (χ1) is 22.2. The van der Waals surface area contributed by atoms with E-state index in [-0.39, 0.29) is 58.4 Å². The van der Waals surface area contributed by atoms with Crippen LogP contribution in [0.25, 0.3) is 11.0 Å². The largest absolute Gasteiger partial charge is 0.300 e. The molecule has 1 aliphatic carbocycles. The Bertz CT molecular complexity index is 1900. The van der Waals surface area contributed by atoms with Crippen molar-refractivity contribution in [3.05, 3.63) is 87.0 Å². The summed E-state index contributed by atoms with van der Waals surface area (Å²) in [5, 5.41) is 19.2. The van der Waals surface area contributed by atoms with Gasteiger partial charge in [-0.2, -0.15) is 0 Å². The number of non-ortho nitro benzene ring substituents is 1. The lowest BCUT2D eigenvalue weighted by Gasteiger charge is -2.36. The first-order valence-corrected chi connectivity index (χ1v) is 14.8. The number of hydrogen-bond donors (Lipinski definition) is 0. The molecule has 0 unspecified atom stereocenters. The number of carbonyl (C=O) groups excluding carboxylic acids is 3. The second-order valence-corrected chi connectivity index (χ2v) is 11.6. The molecule has 3 aliphatic rings. The highest BCUT2D eigenvalue weighted by atomic mass is 19.1. The van der Waals surface area contributed by atoms with Gasteiger partial charge in [0.2, 0.25) is 11.4 Å². The van der Waals surface area contributed by atoms with Crippen LogP contribution in [0.4, 0.5) is 25.8 Å². The van der Waals surface area contributed by atoms with Gasteiger partial charge in [0.15, 0.2) is 5.52 Å². The number of piperazine rings is 1. The van der Waals surface area contributed by atoms with Crippen LogP contribution < -0.4 is 4.90 Å². The molecule has 3 aromatic carbocycles. The number of carbonyl (C=O) groups is 3. The molecule has 15 heteroatoms. The normalized spacial score (nSPS) is 17.1. The summed E-state index contributed by atoms with van der Waals surface area (Å²) in [7, 11) is 0. The fourth-order valence-corrected chi connectivity index (χ4v) is 6.19. The van der Waals surface area contributed by atoms with Crippen LogP contribution in [0.3, 0.4) is 0 Å². The van der Waals surface area contributed by atoms with E-state index in [0.717, 1.165) is 23.8 Å². The number of rotatable bonds is 9. The molecule has 3 heterocycles. The molecule has 0 radical (unpaired) electrons. The Kier molecular flexibility index (Phi) is 7.49. The Morgan fingerprint density at radius 1 is 0.935 bits per heavy atom. The topological polar surface area (TPSA) is 146 Å². The number of hydrogen-bond acceptors (Lipinski definition) is 10. The molecule has 7 rings (SSSR count). The minimum absolute atomic E-state index is 0.0171. The van der Waals surface area contributed by atoms with Crippen molar-refractivity contribution >= 4 is 45.8 Å². The lowest BCUT2D eigenvalue weighted by atomic mass is 10.1. The summed E-state index contributed by atoms with van der Waals surface area (Å²) >= 11 is 0. The Hall–Kier alpha value is -5.15. The van der Waals surface area contributed by atoms with Crippen molar-refractivity contribution in [2.45, 2.75) is 18.8 Å². The van der Waals surface area contributed by atoms with E-state index >= 15 is 0 Å². The van der Waals surface area contributed by atoms with Crippen molar-refractivity contribution in [3.8, 4) is 0 Å². The van der Waals surface area contributed by atoms with Crippen LogP contribution >= 0.6 is 0 Å². The number of amides is 3. The quantitative estimate of drug-likeness (QED) is 0.152. The third-order valence-corrected chi connectivity index (χ3v) is 8.72. The highest BCUT2D eigenvalue weighted by Crippen LogP contribution is 2.47. The second-order valence-electron chi connectivity index (χ2n) is 11.6. The molecule has 4 aromatic rings. The maximum Gasteiger partial charge on any atom is 0.300 e. The van der Waals surface area contributed by atoms with Crippen LogP contribution in [-0.4, -0.2) is 93.5 Å². The summed E-state index contributed by atoms with van der Waals surface area (Å²) in [6.07, 6.45) is 1.69. The highest BCUT2D eigenvalue weighted by molar-refractivity contribution is 6.21. The minimum Gasteiger partial charge on any atom is -0.299 e. The molecule has 236 valence electrons. The fraction of sp³-hybridized carbons (Fsp3) is 0.323. The van der Waals surface area contributed by atoms with Gasteiger partial charge in [0.05, 0.1) is 34.0 Å². The SMILES string of the molecule is O=C1c2cccc(F)c2C(=O)N1CCN1CCN(CC(=O)N(c2ccc(F)cc2C2CC2)c2ccc([N+](=O)[O-])c3nonc23)CC1. The molecule has 0 N–H and O–H groups in total. The molecule has 3 amide bonds. The molecule has 0 bridgehead atoms. The summed E-state index contributed by atoms with van der Waals surface area (Å²) in [4.78, 5) is 57.0. The second kappa shape index (κ2) is 11.7.